The summed E-state index contributed by atoms with van der Waals surface area (Å²) in [5, 5.41) is 27.7. The van der Waals surface area contributed by atoms with Crippen molar-refractivity contribution in [3.05, 3.63) is 103 Å². The maximum Gasteiger partial charge on any atom is 0.382 e. The van der Waals surface area contributed by atoms with Gasteiger partial charge in [-0.3, -0.25) is 0 Å². The van der Waals surface area contributed by atoms with E-state index in [1.165, 1.54) is 0 Å². The summed E-state index contributed by atoms with van der Waals surface area (Å²) in [4.78, 5) is 33.9. The number of carboxylic acid groups (broad SMARTS) is 3. The molecule has 2 atom stereocenters. The lowest BCUT2D eigenvalue weighted by Crippen LogP contribution is -2.29. The van der Waals surface area contributed by atoms with Crippen LogP contribution in [0.3, 0.4) is 0 Å². The maximum atomic E-state index is 11.3. The average molecular weight is 573 g/mol. The predicted molar refractivity (Wildman–Crippen MR) is 162 cm³/mol. The van der Waals surface area contributed by atoms with Crippen LogP contribution in [0.25, 0.3) is 0 Å². The third kappa shape index (κ3) is 5.25. The van der Waals surface area contributed by atoms with Gasteiger partial charge in [-0.2, -0.15) is 0 Å². The van der Waals surface area contributed by atoms with Gasteiger partial charge in [0.05, 0.1) is 0 Å². The first-order valence-electron chi connectivity index (χ1n) is 13.2. The lowest BCUT2D eigenvalue weighted by molar-refractivity contribution is -0.131. The van der Waals surface area contributed by atoms with E-state index in [-0.39, 0.29) is 23.0 Å². The minimum Gasteiger partial charge on any atom is -0.472 e. The van der Waals surface area contributed by atoms with Crippen molar-refractivity contribution in [2.75, 3.05) is 0 Å². The second-order valence-corrected chi connectivity index (χ2v) is 9.74. The number of aliphatic carboxylic acids is 3. The molecule has 3 N–H and O–H groups in total. The molecule has 0 heterocycles. The van der Waals surface area contributed by atoms with Crippen molar-refractivity contribution >= 4 is 17.9 Å². The molecule has 0 radical (unpaired) electrons. The number of carboxylic acids is 3. The van der Waals surface area contributed by atoms with Crippen molar-refractivity contribution in [2.45, 2.75) is 32.6 Å². The molecule has 0 aromatic heterocycles. The van der Waals surface area contributed by atoms with Crippen LogP contribution in [0.15, 0.2) is 36.4 Å². The maximum absolute atomic E-state index is 11.3. The van der Waals surface area contributed by atoms with Crippen LogP contribution in [0.5, 0.6) is 0 Å². The number of carbonyl (C=O) groups is 3. The van der Waals surface area contributed by atoms with Crippen molar-refractivity contribution in [2.24, 2.45) is 0 Å². The van der Waals surface area contributed by atoms with Crippen LogP contribution in [0.4, 0.5) is 0 Å². The molecule has 0 saturated heterocycles. The van der Waals surface area contributed by atoms with Crippen molar-refractivity contribution < 1.29 is 29.7 Å². The highest BCUT2D eigenvalue weighted by atomic mass is 16.4. The summed E-state index contributed by atoms with van der Waals surface area (Å²) in [6, 6.07) is 11.4. The zero-order valence-electron chi connectivity index (χ0n) is 23.7. The van der Waals surface area contributed by atoms with Crippen molar-refractivity contribution in [1.29, 1.82) is 0 Å². The van der Waals surface area contributed by atoms with E-state index in [0.29, 0.717) is 11.1 Å². The molecule has 0 spiro atoms. The van der Waals surface area contributed by atoms with Gasteiger partial charge in [-0.15, -0.1) is 17.8 Å². The van der Waals surface area contributed by atoms with Crippen molar-refractivity contribution in [1.82, 2.24) is 0 Å². The zero-order valence-corrected chi connectivity index (χ0v) is 23.7. The Morgan fingerprint density at radius 3 is 0.818 bits per heavy atom. The molecule has 208 valence electrons. The molecule has 2 unspecified atom stereocenters. The average Bonchev–Trinajstić information content (AvgIpc) is 2.98. The molecule has 3 aliphatic carbocycles. The Morgan fingerprint density at radius 1 is 0.432 bits per heavy atom. The lowest BCUT2D eigenvalue weighted by atomic mass is 9.59. The summed E-state index contributed by atoms with van der Waals surface area (Å²) >= 11 is 0. The molecule has 6 heteroatoms. The smallest absolute Gasteiger partial charge is 0.382 e. The van der Waals surface area contributed by atoms with E-state index in [0.717, 1.165) is 44.5 Å². The number of benzene rings is 3. The fourth-order valence-corrected chi connectivity index (χ4v) is 5.79. The van der Waals surface area contributed by atoms with Crippen LogP contribution in [0, 0.1) is 71.0 Å². The molecule has 6 rings (SSSR count). The minimum atomic E-state index is -1.34. The van der Waals surface area contributed by atoms with Crippen LogP contribution in [0.2, 0.25) is 0 Å². The Kier molecular flexibility index (Phi) is 7.72. The van der Waals surface area contributed by atoms with Gasteiger partial charge in [0.1, 0.15) is 0 Å². The third-order valence-corrected chi connectivity index (χ3v) is 7.23. The fourth-order valence-electron chi connectivity index (χ4n) is 5.79. The van der Waals surface area contributed by atoms with Gasteiger partial charge in [0.15, 0.2) is 0 Å². The van der Waals surface area contributed by atoms with Gasteiger partial charge >= 0.3 is 17.9 Å². The Bertz CT molecular complexity index is 2230. The zero-order chi connectivity index (χ0) is 31.5. The Labute approximate surface area is 254 Å². The summed E-state index contributed by atoms with van der Waals surface area (Å²) in [5.74, 6) is 27.9. The van der Waals surface area contributed by atoms with E-state index >= 15 is 0 Å². The highest BCUT2D eigenvalue weighted by Crippen LogP contribution is 2.57. The molecule has 3 aromatic carbocycles. The topological polar surface area (TPSA) is 112 Å². The second kappa shape index (κ2) is 11.7. The van der Waals surface area contributed by atoms with E-state index in [4.69, 9.17) is 0 Å². The first kappa shape index (κ1) is 28.9. The SMILES string of the molecule is CC#Cc1cc2c(cc1C#CC)C1c3cc(C#CC(=O)O)c(C#CC)cc3C2c2cc(C#CC(=O)O)c(C#CC(=O)O)cc21. The highest BCUT2D eigenvalue weighted by Gasteiger charge is 2.43. The third-order valence-electron chi connectivity index (χ3n) is 7.23. The first-order chi connectivity index (χ1) is 21.2. The van der Waals surface area contributed by atoms with Gasteiger partial charge in [-0.05, 0) is 90.6 Å². The standard InChI is InChI=1S/C38H20O6/c1-4-7-22-16-28-29(17-23(22)8-5-2)38-31-19-25(10-13-34(39)40)24(9-6-3)18-30(31)37(28)32-20-26(11-14-35(41)42)27(21-33(32)38)12-15-36(43)44/h16-21,37-38H,1-3H3,(H,39,40)(H,41,42)(H,43,44). The summed E-state index contributed by atoms with van der Waals surface area (Å²) < 4.78 is 0. The normalized spacial score (nSPS) is 13.7. The molecule has 0 saturated carbocycles. The highest BCUT2D eigenvalue weighted by molar-refractivity contribution is 5.89. The summed E-state index contributed by atoms with van der Waals surface area (Å²) in [6.45, 7) is 5.18. The fraction of sp³-hybridized carbons (Fsp3) is 0.132. The van der Waals surface area contributed by atoms with Gasteiger partial charge in [-0.25, -0.2) is 14.4 Å². The van der Waals surface area contributed by atoms with Gasteiger partial charge < -0.3 is 15.3 Å². The van der Waals surface area contributed by atoms with Crippen molar-refractivity contribution in [3.63, 3.8) is 0 Å². The van der Waals surface area contributed by atoms with Crippen LogP contribution in [-0.4, -0.2) is 33.2 Å². The van der Waals surface area contributed by atoms with E-state index in [2.05, 4.69) is 71.0 Å². The van der Waals surface area contributed by atoms with E-state index in [9.17, 15) is 29.7 Å². The van der Waals surface area contributed by atoms with E-state index < -0.39 is 17.9 Å². The molecular weight excluding hydrogens is 552 g/mol. The molecule has 3 aromatic rings. The Hall–Kier alpha value is -6.57. The first-order valence-corrected chi connectivity index (χ1v) is 13.2. The number of rotatable bonds is 0. The van der Waals surface area contributed by atoms with Gasteiger partial charge in [0.2, 0.25) is 0 Å². The van der Waals surface area contributed by atoms with Gasteiger partial charge in [0, 0.05) is 63.0 Å². The molecule has 2 bridgehead atoms. The molecule has 0 fully saturated rings. The minimum absolute atomic E-state index is 0.275. The van der Waals surface area contributed by atoms with E-state index in [1.807, 2.05) is 24.3 Å². The Balaban J connectivity index is 1.91. The Morgan fingerprint density at radius 2 is 0.636 bits per heavy atom. The van der Waals surface area contributed by atoms with Crippen molar-refractivity contribution in [3.8, 4) is 71.0 Å². The monoisotopic (exact) mass is 572 g/mol. The molecular formula is C38H20O6. The van der Waals surface area contributed by atoms with Crippen LogP contribution in [0.1, 0.15) is 99.4 Å². The van der Waals surface area contributed by atoms with Gasteiger partial charge in [-0.1, -0.05) is 35.5 Å². The predicted octanol–water partition coefficient (Wildman–Crippen LogP) is 4.10. The lowest BCUT2D eigenvalue weighted by Gasteiger charge is -2.43. The number of hydrogen-bond donors (Lipinski definition) is 3. The molecule has 0 amide bonds. The molecule has 6 nitrogen and oxygen atoms in total. The summed E-state index contributed by atoms with van der Waals surface area (Å²) in [5.41, 5.74) is 8.58. The molecule has 44 heavy (non-hydrogen) atoms. The second-order valence-electron chi connectivity index (χ2n) is 9.74. The quantitative estimate of drug-likeness (QED) is 0.241. The summed E-state index contributed by atoms with van der Waals surface area (Å²) in [6.07, 6.45) is 0. The molecule has 0 aliphatic heterocycles. The molecule has 3 aliphatic rings. The summed E-state index contributed by atoms with van der Waals surface area (Å²) in [7, 11) is 0. The van der Waals surface area contributed by atoms with Gasteiger partial charge in [0.25, 0.3) is 0 Å². The number of hydrogen-bond acceptors (Lipinski definition) is 3. The van der Waals surface area contributed by atoms with Crippen LogP contribution >= 0.6 is 0 Å². The largest absolute Gasteiger partial charge is 0.472 e. The van der Waals surface area contributed by atoms with Crippen LogP contribution in [-0.2, 0) is 14.4 Å². The van der Waals surface area contributed by atoms with E-state index in [1.54, 1.807) is 32.9 Å². The van der Waals surface area contributed by atoms with Crippen LogP contribution < -0.4 is 0 Å².